The highest BCUT2D eigenvalue weighted by Gasteiger charge is 2.09. The van der Waals surface area contributed by atoms with E-state index in [1.165, 1.54) is 5.56 Å². The Morgan fingerprint density at radius 3 is 2.86 bits per heavy atom. The summed E-state index contributed by atoms with van der Waals surface area (Å²) in [5.74, 6) is 0.697. The van der Waals surface area contributed by atoms with Crippen LogP contribution in [-0.2, 0) is 0 Å². The summed E-state index contributed by atoms with van der Waals surface area (Å²) in [6.45, 7) is 6.04. The minimum absolute atomic E-state index is 0.149. The number of aryl methyl sites for hydroxylation is 1. The summed E-state index contributed by atoms with van der Waals surface area (Å²) in [5.41, 5.74) is 2.18. The highest BCUT2D eigenvalue weighted by atomic mass is 32.1. The molecule has 4 heteroatoms. The molecular weight excluding hydrogens is 196 g/mol. The van der Waals surface area contributed by atoms with Gasteiger partial charge in [-0.25, -0.2) is 9.97 Å². The third-order valence-electron chi connectivity index (χ3n) is 1.85. The highest BCUT2D eigenvalue weighted by molar-refractivity contribution is 7.17. The quantitative estimate of drug-likeness (QED) is 0.761. The van der Waals surface area contributed by atoms with E-state index in [2.05, 4.69) is 15.3 Å². The second kappa shape index (κ2) is 3.53. The molecule has 74 valence electrons. The Morgan fingerprint density at radius 2 is 2.14 bits per heavy atom. The van der Waals surface area contributed by atoms with E-state index < -0.39 is 0 Å². The third-order valence-corrected chi connectivity index (χ3v) is 2.92. The number of thiophene rings is 1. The largest absolute Gasteiger partial charge is 0.474 e. The van der Waals surface area contributed by atoms with Crippen LogP contribution in [0, 0.1) is 6.92 Å². The topological polar surface area (TPSA) is 35.0 Å². The molecule has 0 saturated carbocycles. The number of fused-ring (bicyclic) bond motifs is 1. The average molecular weight is 208 g/mol. The van der Waals surface area contributed by atoms with Crippen molar-refractivity contribution in [3.05, 3.63) is 17.3 Å². The molecule has 3 nitrogen and oxygen atoms in total. The van der Waals surface area contributed by atoms with E-state index in [1.54, 1.807) is 17.7 Å². The van der Waals surface area contributed by atoms with Gasteiger partial charge in [0.2, 0.25) is 5.88 Å². The molecule has 0 aromatic carbocycles. The van der Waals surface area contributed by atoms with Crippen LogP contribution in [-0.4, -0.2) is 16.1 Å². The van der Waals surface area contributed by atoms with Crippen LogP contribution in [0.2, 0.25) is 0 Å². The van der Waals surface area contributed by atoms with Crippen molar-refractivity contribution in [2.24, 2.45) is 0 Å². The van der Waals surface area contributed by atoms with Gasteiger partial charge in [0.25, 0.3) is 0 Å². The van der Waals surface area contributed by atoms with Crippen LogP contribution in [0.5, 0.6) is 5.88 Å². The molecule has 2 aromatic rings. The Bertz CT molecular complexity index is 450. The van der Waals surface area contributed by atoms with Gasteiger partial charge in [0, 0.05) is 0 Å². The van der Waals surface area contributed by atoms with Crippen molar-refractivity contribution in [2.75, 3.05) is 0 Å². The molecule has 0 amide bonds. The smallest absolute Gasteiger partial charge is 0.235 e. The molecule has 0 spiro atoms. The summed E-state index contributed by atoms with van der Waals surface area (Å²) in [6, 6.07) is 0. The maximum Gasteiger partial charge on any atom is 0.235 e. The molecule has 0 saturated heterocycles. The number of rotatable bonds is 2. The number of nitrogens with zero attached hydrogens (tertiary/aromatic N) is 2. The first-order chi connectivity index (χ1) is 6.68. The van der Waals surface area contributed by atoms with Crippen LogP contribution in [0.4, 0.5) is 0 Å². The lowest BCUT2D eigenvalue weighted by molar-refractivity contribution is 0.236. The van der Waals surface area contributed by atoms with Crippen LogP contribution in [0.3, 0.4) is 0 Å². The van der Waals surface area contributed by atoms with E-state index in [0.717, 1.165) is 10.2 Å². The fraction of sp³-hybridized carbons (Fsp3) is 0.400. The summed E-state index contributed by atoms with van der Waals surface area (Å²) >= 11 is 1.63. The first-order valence-corrected chi connectivity index (χ1v) is 5.42. The number of hydrogen-bond acceptors (Lipinski definition) is 4. The number of hydrogen-bond donors (Lipinski definition) is 0. The standard InChI is InChI=1S/C10H12N2OS/c1-6(2)13-10-9-8(11-5-12-10)7(3)4-14-9/h4-6H,1-3H3. The molecule has 0 bridgehead atoms. The first-order valence-electron chi connectivity index (χ1n) is 4.54. The van der Waals surface area contributed by atoms with Crippen molar-refractivity contribution >= 4 is 21.6 Å². The minimum atomic E-state index is 0.149. The van der Waals surface area contributed by atoms with Crippen LogP contribution in [0.25, 0.3) is 10.2 Å². The fourth-order valence-electron chi connectivity index (χ4n) is 1.26. The van der Waals surface area contributed by atoms with Crippen molar-refractivity contribution in [2.45, 2.75) is 26.9 Å². The monoisotopic (exact) mass is 208 g/mol. The third kappa shape index (κ3) is 1.57. The van der Waals surface area contributed by atoms with E-state index >= 15 is 0 Å². The van der Waals surface area contributed by atoms with Crippen molar-refractivity contribution in [1.82, 2.24) is 9.97 Å². The van der Waals surface area contributed by atoms with Gasteiger partial charge in [-0.2, -0.15) is 0 Å². The zero-order chi connectivity index (χ0) is 10.1. The molecule has 0 aliphatic carbocycles. The summed E-state index contributed by atoms with van der Waals surface area (Å²) in [4.78, 5) is 8.37. The molecule has 0 fully saturated rings. The Labute approximate surface area is 86.8 Å². The SMILES string of the molecule is Cc1csc2c(OC(C)C)ncnc12. The summed E-state index contributed by atoms with van der Waals surface area (Å²) in [7, 11) is 0. The summed E-state index contributed by atoms with van der Waals surface area (Å²) in [5, 5.41) is 2.08. The maximum absolute atomic E-state index is 5.60. The predicted molar refractivity (Wildman–Crippen MR) is 57.9 cm³/mol. The van der Waals surface area contributed by atoms with Crippen LogP contribution < -0.4 is 4.74 Å². The lowest BCUT2D eigenvalue weighted by Gasteiger charge is -2.08. The summed E-state index contributed by atoms with van der Waals surface area (Å²) < 4.78 is 6.64. The predicted octanol–water partition coefficient (Wildman–Crippen LogP) is 2.79. The van der Waals surface area contributed by atoms with Gasteiger partial charge in [-0.1, -0.05) is 0 Å². The molecule has 0 aliphatic heterocycles. The number of aromatic nitrogens is 2. The first kappa shape index (κ1) is 9.40. The molecule has 14 heavy (non-hydrogen) atoms. The van der Waals surface area contributed by atoms with Gasteiger partial charge in [0.1, 0.15) is 11.0 Å². The van der Waals surface area contributed by atoms with Crippen molar-refractivity contribution < 1.29 is 4.74 Å². The second-order valence-electron chi connectivity index (χ2n) is 3.44. The van der Waals surface area contributed by atoms with Gasteiger partial charge in [-0.15, -0.1) is 11.3 Å². The molecule has 0 unspecified atom stereocenters. The Hall–Kier alpha value is -1.16. The van der Waals surface area contributed by atoms with Crippen molar-refractivity contribution in [3.8, 4) is 5.88 Å². The van der Waals surface area contributed by atoms with E-state index in [1.807, 2.05) is 20.8 Å². The van der Waals surface area contributed by atoms with Crippen molar-refractivity contribution in [1.29, 1.82) is 0 Å². The number of ether oxygens (including phenoxy) is 1. The minimum Gasteiger partial charge on any atom is -0.474 e. The Balaban J connectivity index is 2.54. The van der Waals surface area contributed by atoms with Gasteiger partial charge < -0.3 is 4.74 Å². The molecule has 0 N–H and O–H groups in total. The molecule has 0 aliphatic rings. The van der Waals surface area contributed by atoms with E-state index in [0.29, 0.717) is 5.88 Å². The van der Waals surface area contributed by atoms with Gasteiger partial charge in [-0.3, -0.25) is 0 Å². The molecule has 2 aromatic heterocycles. The zero-order valence-corrected chi connectivity index (χ0v) is 9.26. The Morgan fingerprint density at radius 1 is 1.36 bits per heavy atom. The van der Waals surface area contributed by atoms with Crippen LogP contribution in [0.1, 0.15) is 19.4 Å². The molecule has 2 rings (SSSR count). The van der Waals surface area contributed by atoms with E-state index in [-0.39, 0.29) is 6.10 Å². The maximum atomic E-state index is 5.60. The molecule has 0 atom stereocenters. The highest BCUT2D eigenvalue weighted by Crippen LogP contribution is 2.30. The van der Waals surface area contributed by atoms with Gasteiger partial charge >= 0.3 is 0 Å². The molecular formula is C10H12N2OS. The van der Waals surface area contributed by atoms with Crippen molar-refractivity contribution in [3.63, 3.8) is 0 Å². The van der Waals surface area contributed by atoms with E-state index in [4.69, 9.17) is 4.74 Å². The molecule has 0 radical (unpaired) electrons. The zero-order valence-electron chi connectivity index (χ0n) is 8.44. The Kier molecular flexibility index (Phi) is 2.37. The van der Waals surface area contributed by atoms with Gasteiger partial charge in [-0.05, 0) is 31.7 Å². The summed E-state index contributed by atoms with van der Waals surface area (Å²) in [6.07, 6.45) is 1.70. The van der Waals surface area contributed by atoms with Crippen LogP contribution in [0.15, 0.2) is 11.7 Å². The van der Waals surface area contributed by atoms with Crippen LogP contribution >= 0.6 is 11.3 Å². The average Bonchev–Trinajstić information content (AvgIpc) is 2.49. The lowest BCUT2D eigenvalue weighted by Crippen LogP contribution is -2.06. The lowest BCUT2D eigenvalue weighted by atomic mass is 10.3. The van der Waals surface area contributed by atoms with Gasteiger partial charge in [0.05, 0.1) is 11.6 Å². The van der Waals surface area contributed by atoms with E-state index in [9.17, 15) is 0 Å². The fourth-order valence-corrected chi connectivity index (χ4v) is 2.19. The normalized spacial score (nSPS) is 11.1. The second-order valence-corrected chi connectivity index (χ2v) is 4.32. The molecule has 2 heterocycles. The van der Waals surface area contributed by atoms with Gasteiger partial charge in [0.15, 0.2) is 0 Å².